The highest BCUT2D eigenvalue weighted by molar-refractivity contribution is 5.28. The lowest BCUT2D eigenvalue weighted by Gasteiger charge is -2.24. The normalized spacial score (nSPS) is 16.5. The molecule has 0 saturated heterocycles. The first kappa shape index (κ1) is 16.5. The summed E-state index contributed by atoms with van der Waals surface area (Å²) < 4.78 is 2.41. The Kier molecular flexibility index (Phi) is 6.75. The minimum absolute atomic E-state index is 0.663. The van der Waals surface area contributed by atoms with Gasteiger partial charge in [-0.05, 0) is 57.2 Å². The molecule has 1 aromatic heterocycles. The number of nitrogens with one attached hydrogen (secondary N) is 1. The van der Waals surface area contributed by atoms with Crippen LogP contribution in [0.4, 0.5) is 0 Å². The number of aryl methyl sites for hydroxylation is 1. The molecule has 3 nitrogen and oxygen atoms in total. The Hall–Kier alpha value is -0.830. The predicted octanol–water partition coefficient (Wildman–Crippen LogP) is 4.06. The van der Waals surface area contributed by atoms with Gasteiger partial charge in [0.2, 0.25) is 0 Å². The molecule has 1 fully saturated rings. The Morgan fingerprint density at radius 3 is 2.43 bits per heavy atom. The molecule has 1 aromatic rings. The average molecular weight is 291 g/mol. The number of aromatic nitrogens is 2. The van der Waals surface area contributed by atoms with Crippen molar-refractivity contribution in [2.45, 2.75) is 84.6 Å². The third kappa shape index (κ3) is 4.09. The van der Waals surface area contributed by atoms with Crippen molar-refractivity contribution in [3.05, 3.63) is 17.0 Å². The maximum atomic E-state index is 5.01. The quantitative estimate of drug-likeness (QED) is 0.732. The van der Waals surface area contributed by atoms with Crippen LogP contribution in [-0.4, -0.2) is 22.9 Å². The first-order chi connectivity index (χ1) is 10.3. The minimum atomic E-state index is 0.663. The molecular weight excluding hydrogens is 258 g/mol. The largest absolute Gasteiger partial charge is 0.316 e. The monoisotopic (exact) mass is 291 g/mol. The highest BCUT2D eigenvalue weighted by atomic mass is 15.3. The van der Waals surface area contributed by atoms with E-state index in [-0.39, 0.29) is 0 Å². The summed E-state index contributed by atoms with van der Waals surface area (Å²) in [6.45, 7) is 8.97. The second kappa shape index (κ2) is 8.57. The summed E-state index contributed by atoms with van der Waals surface area (Å²) in [5, 5.41) is 8.55. The van der Waals surface area contributed by atoms with Crippen molar-refractivity contribution in [2.75, 3.05) is 13.1 Å². The van der Waals surface area contributed by atoms with Crippen molar-refractivity contribution >= 4 is 0 Å². The maximum absolute atomic E-state index is 5.01. The molecule has 2 rings (SSSR count). The molecule has 0 atom stereocenters. The second-order valence-electron chi connectivity index (χ2n) is 6.32. The summed E-state index contributed by atoms with van der Waals surface area (Å²) >= 11 is 0. The van der Waals surface area contributed by atoms with Gasteiger partial charge in [-0.15, -0.1) is 0 Å². The molecule has 1 saturated carbocycles. The van der Waals surface area contributed by atoms with E-state index in [0.29, 0.717) is 6.04 Å². The van der Waals surface area contributed by atoms with Crippen molar-refractivity contribution in [2.24, 2.45) is 0 Å². The molecular formula is C18H33N3. The van der Waals surface area contributed by atoms with Gasteiger partial charge in [0.05, 0.1) is 11.7 Å². The summed E-state index contributed by atoms with van der Waals surface area (Å²) in [6.07, 6.45) is 11.3. The van der Waals surface area contributed by atoms with Crippen LogP contribution in [0.15, 0.2) is 0 Å². The van der Waals surface area contributed by atoms with Gasteiger partial charge >= 0.3 is 0 Å². The van der Waals surface area contributed by atoms with E-state index in [1.807, 2.05) is 0 Å². The number of hydrogen-bond donors (Lipinski definition) is 1. The molecule has 3 heteroatoms. The van der Waals surface area contributed by atoms with Gasteiger partial charge in [0, 0.05) is 5.69 Å². The summed E-state index contributed by atoms with van der Waals surface area (Å²) in [5.41, 5.74) is 4.39. The standard InChI is InChI=1S/C18H33N3/c1-4-13-19-14-12-16-17(5-2)20-21(18(16)6-3)15-10-8-7-9-11-15/h15,19H,4-14H2,1-3H3. The van der Waals surface area contributed by atoms with Crippen molar-refractivity contribution in [3.63, 3.8) is 0 Å². The van der Waals surface area contributed by atoms with Crippen molar-refractivity contribution in [1.82, 2.24) is 15.1 Å². The van der Waals surface area contributed by atoms with Gasteiger partial charge in [0.15, 0.2) is 0 Å². The molecule has 0 bridgehead atoms. The SMILES string of the molecule is CCCNCCc1c(CC)nn(C2CCCCC2)c1CC. The molecule has 0 radical (unpaired) electrons. The molecule has 0 unspecified atom stereocenters. The summed E-state index contributed by atoms with van der Waals surface area (Å²) in [7, 11) is 0. The average Bonchev–Trinajstić information content (AvgIpc) is 2.90. The highest BCUT2D eigenvalue weighted by Gasteiger charge is 2.22. The van der Waals surface area contributed by atoms with Gasteiger partial charge in [-0.3, -0.25) is 4.68 Å². The van der Waals surface area contributed by atoms with Gasteiger partial charge in [-0.2, -0.15) is 5.10 Å². The van der Waals surface area contributed by atoms with Crippen LogP contribution >= 0.6 is 0 Å². The Morgan fingerprint density at radius 1 is 1.05 bits per heavy atom. The zero-order valence-corrected chi connectivity index (χ0v) is 14.2. The molecule has 0 aliphatic heterocycles. The van der Waals surface area contributed by atoms with Gasteiger partial charge in [-0.25, -0.2) is 0 Å². The van der Waals surface area contributed by atoms with Crippen LogP contribution in [0.25, 0.3) is 0 Å². The summed E-state index contributed by atoms with van der Waals surface area (Å²) in [6, 6.07) is 0.663. The van der Waals surface area contributed by atoms with Crippen molar-refractivity contribution < 1.29 is 0 Å². The van der Waals surface area contributed by atoms with E-state index in [2.05, 4.69) is 30.8 Å². The minimum Gasteiger partial charge on any atom is -0.316 e. The van der Waals surface area contributed by atoms with Gasteiger partial charge < -0.3 is 5.32 Å². The Morgan fingerprint density at radius 2 is 1.81 bits per heavy atom. The lowest BCUT2D eigenvalue weighted by Crippen LogP contribution is -2.19. The highest BCUT2D eigenvalue weighted by Crippen LogP contribution is 2.31. The van der Waals surface area contributed by atoms with Crippen LogP contribution in [0.1, 0.15) is 82.3 Å². The number of rotatable bonds is 8. The van der Waals surface area contributed by atoms with Gasteiger partial charge in [0.25, 0.3) is 0 Å². The molecule has 21 heavy (non-hydrogen) atoms. The smallest absolute Gasteiger partial charge is 0.0657 e. The lowest BCUT2D eigenvalue weighted by molar-refractivity contribution is 0.321. The molecule has 120 valence electrons. The van der Waals surface area contributed by atoms with Crippen LogP contribution in [0.3, 0.4) is 0 Å². The van der Waals surface area contributed by atoms with Gasteiger partial charge in [-0.1, -0.05) is 40.0 Å². The molecule has 1 aliphatic carbocycles. The molecule has 0 aromatic carbocycles. The third-order valence-electron chi connectivity index (χ3n) is 4.77. The number of nitrogens with zero attached hydrogens (tertiary/aromatic N) is 2. The molecule has 1 heterocycles. The van der Waals surface area contributed by atoms with E-state index in [1.165, 1.54) is 55.5 Å². The first-order valence-corrected chi connectivity index (χ1v) is 9.11. The van der Waals surface area contributed by atoms with Crippen LogP contribution in [0.2, 0.25) is 0 Å². The van der Waals surface area contributed by atoms with Crippen LogP contribution in [0, 0.1) is 0 Å². The van der Waals surface area contributed by atoms with Gasteiger partial charge in [0.1, 0.15) is 0 Å². The molecule has 0 amide bonds. The third-order valence-corrected chi connectivity index (χ3v) is 4.77. The summed E-state index contributed by atoms with van der Waals surface area (Å²) in [5.74, 6) is 0. The number of hydrogen-bond acceptors (Lipinski definition) is 2. The Balaban J connectivity index is 2.15. The zero-order valence-electron chi connectivity index (χ0n) is 14.2. The fraction of sp³-hybridized carbons (Fsp3) is 0.833. The fourth-order valence-electron chi connectivity index (χ4n) is 3.65. The first-order valence-electron chi connectivity index (χ1n) is 9.11. The van der Waals surface area contributed by atoms with E-state index >= 15 is 0 Å². The van der Waals surface area contributed by atoms with E-state index in [1.54, 1.807) is 0 Å². The van der Waals surface area contributed by atoms with Crippen LogP contribution < -0.4 is 5.32 Å². The van der Waals surface area contributed by atoms with E-state index in [0.717, 1.165) is 32.4 Å². The maximum Gasteiger partial charge on any atom is 0.0657 e. The predicted molar refractivity (Wildman–Crippen MR) is 90.0 cm³/mol. The lowest BCUT2D eigenvalue weighted by atomic mass is 9.95. The molecule has 1 N–H and O–H groups in total. The topological polar surface area (TPSA) is 29.9 Å². The fourth-order valence-corrected chi connectivity index (χ4v) is 3.65. The van der Waals surface area contributed by atoms with Crippen molar-refractivity contribution in [1.29, 1.82) is 0 Å². The summed E-state index contributed by atoms with van der Waals surface area (Å²) in [4.78, 5) is 0. The molecule has 0 spiro atoms. The zero-order chi connectivity index (χ0) is 15.1. The Bertz CT molecular complexity index is 416. The van der Waals surface area contributed by atoms with E-state index < -0.39 is 0 Å². The van der Waals surface area contributed by atoms with Crippen LogP contribution in [0.5, 0.6) is 0 Å². The van der Waals surface area contributed by atoms with E-state index in [4.69, 9.17) is 5.10 Å². The van der Waals surface area contributed by atoms with Crippen molar-refractivity contribution in [3.8, 4) is 0 Å². The second-order valence-corrected chi connectivity index (χ2v) is 6.32. The molecule has 1 aliphatic rings. The van der Waals surface area contributed by atoms with E-state index in [9.17, 15) is 0 Å². The van der Waals surface area contributed by atoms with Crippen LogP contribution in [-0.2, 0) is 19.3 Å². The Labute approximate surface area is 130 Å².